The van der Waals surface area contributed by atoms with Crippen LogP contribution in [-0.2, 0) is 12.8 Å². The highest BCUT2D eigenvalue weighted by molar-refractivity contribution is 7.98. The van der Waals surface area contributed by atoms with Crippen molar-refractivity contribution in [2.75, 3.05) is 0 Å². The Hall–Kier alpha value is -1.69. The van der Waals surface area contributed by atoms with Crippen molar-refractivity contribution < 1.29 is 4.74 Å². The molecule has 1 aromatic heterocycles. The minimum absolute atomic E-state index is 0.229. The van der Waals surface area contributed by atoms with E-state index in [9.17, 15) is 0 Å². The third kappa shape index (κ3) is 4.78. The summed E-state index contributed by atoms with van der Waals surface area (Å²) in [4.78, 5) is 0. The highest BCUT2D eigenvalue weighted by atomic mass is 35.5. The Balaban J connectivity index is 1.69. The smallest absolute Gasteiger partial charge is 0.191 e. The number of nitrogens with zero attached hydrogens (tertiary/aromatic N) is 3. The molecule has 0 N–H and O–H groups in total. The van der Waals surface area contributed by atoms with Gasteiger partial charge in [0.15, 0.2) is 17.1 Å². The van der Waals surface area contributed by atoms with Crippen LogP contribution < -0.4 is 4.74 Å². The molecule has 0 fully saturated rings. The molecule has 1 atom stereocenters. The third-order valence-electron chi connectivity index (χ3n) is 4.24. The second kappa shape index (κ2) is 8.55. The maximum Gasteiger partial charge on any atom is 0.191 e. The summed E-state index contributed by atoms with van der Waals surface area (Å²) >= 11 is 13.8. The largest absolute Gasteiger partial charge is 0.483 e. The molecule has 27 heavy (non-hydrogen) atoms. The van der Waals surface area contributed by atoms with Crippen molar-refractivity contribution in [1.82, 2.24) is 14.8 Å². The Morgan fingerprint density at radius 1 is 1.07 bits per heavy atom. The molecule has 0 amide bonds. The fourth-order valence-corrected chi connectivity index (χ4v) is 3.87. The maximum atomic E-state index is 6.23. The molecule has 0 aliphatic carbocycles. The average molecular weight is 422 g/mol. The van der Waals surface area contributed by atoms with Gasteiger partial charge in [-0.1, -0.05) is 47.1 Å². The first kappa shape index (κ1) is 20.1. The lowest BCUT2D eigenvalue weighted by atomic mass is 10.1. The fraction of sp³-hybridized carbons (Fsp3) is 0.300. The number of hydrogen-bond acceptors (Lipinski definition) is 4. The summed E-state index contributed by atoms with van der Waals surface area (Å²) in [7, 11) is 1.96. The molecule has 0 aliphatic rings. The molecule has 0 bridgehead atoms. The summed E-state index contributed by atoms with van der Waals surface area (Å²) in [5.41, 5.74) is 3.18. The first-order valence-electron chi connectivity index (χ1n) is 8.55. The Bertz CT molecular complexity index is 918. The molecule has 3 aromatic rings. The van der Waals surface area contributed by atoms with E-state index in [4.69, 9.17) is 27.9 Å². The molecule has 0 spiro atoms. The van der Waals surface area contributed by atoms with E-state index in [-0.39, 0.29) is 6.10 Å². The van der Waals surface area contributed by atoms with Crippen molar-refractivity contribution in [2.45, 2.75) is 37.8 Å². The summed E-state index contributed by atoms with van der Waals surface area (Å²) in [6, 6.07) is 11.7. The van der Waals surface area contributed by atoms with E-state index in [1.807, 2.05) is 68.8 Å². The zero-order valence-corrected chi connectivity index (χ0v) is 18.0. The fourth-order valence-electron chi connectivity index (χ4n) is 2.77. The van der Waals surface area contributed by atoms with E-state index >= 15 is 0 Å². The van der Waals surface area contributed by atoms with Crippen LogP contribution in [0.25, 0.3) is 0 Å². The molecule has 0 radical (unpaired) electrons. The number of aryl methyl sites for hydroxylation is 2. The van der Waals surface area contributed by atoms with Gasteiger partial charge in [0, 0.05) is 22.8 Å². The maximum absolute atomic E-state index is 6.23. The Labute approximate surface area is 173 Å². The zero-order chi connectivity index (χ0) is 19.6. The number of rotatable bonds is 6. The molecule has 1 heterocycles. The van der Waals surface area contributed by atoms with Crippen molar-refractivity contribution in [2.24, 2.45) is 7.05 Å². The van der Waals surface area contributed by atoms with Crippen LogP contribution in [0.3, 0.4) is 0 Å². The number of benzene rings is 2. The van der Waals surface area contributed by atoms with E-state index < -0.39 is 0 Å². The van der Waals surface area contributed by atoms with Crippen LogP contribution in [0, 0.1) is 13.8 Å². The van der Waals surface area contributed by atoms with Crippen LogP contribution in [0.5, 0.6) is 5.75 Å². The number of aromatic nitrogens is 3. The third-order valence-corrected chi connectivity index (χ3v) is 6.18. The van der Waals surface area contributed by atoms with Gasteiger partial charge in [0.25, 0.3) is 0 Å². The van der Waals surface area contributed by atoms with Crippen LogP contribution in [0.15, 0.2) is 41.6 Å². The molecule has 2 aromatic carbocycles. The lowest BCUT2D eigenvalue weighted by Crippen LogP contribution is -2.10. The topological polar surface area (TPSA) is 39.9 Å². The van der Waals surface area contributed by atoms with Gasteiger partial charge in [0.05, 0.1) is 0 Å². The van der Waals surface area contributed by atoms with Crippen molar-refractivity contribution in [3.05, 3.63) is 69.0 Å². The lowest BCUT2D eigenvalue weighted by molar-refractivity contribution is 0.211. The molecular weight excluding hydrogens is 401 g/mol. The molecule has 4 nitrogen and oxygen atoms in total. The predicted molar refractivity (Wildman–Crippen MR) is 112 cm³/mol. The molecule has 1 unspecified atom stereocenters. The van der Waals surface area contributed by atoms with Crippen LogP contribution in [0.1, 0.15) is 35.5 Å². The van der Waals surface area contributed by atoms with Crippen LogP contribution in [-0.4, -0.2) is 14.8 Å². The van der Waals surface area contributed by atoms with Gasteiger partial charge in [-0.3, -0.25) is 0 Å². The van der Waals surface area contributed by atoms with E-state index in [1.165, 1.54) is 5.56 Å². The molecule has 0 saturated heterocycles. The van der Waals surface area contributed by atoms with Gasteiger partial charge in [0.2, 0.25) is 0 Å². The number of halogens is 2. The average Bonchev–Trinajstić information content (AvgIpc) is 3.00. The molecule has 7 heteroatoms. The second-order valence-electron chi connectivity index (χ2n) is 6.45. The van der Waals surface area contributed by atoms with Crippen molar-refractivity contribution in [3.63, 3.8) is 0 Å². The van der Waals surface area contributed by atoms with E-state index in [2.05, 4.69) is 10.2 Å². The van der Waals surface area contributed by atoms with Crippen molar-refractivity contribution >= 4 is 35.0 Å². The monoisotopic (exact) mass is 421 g/mol. The SMILES string of the molecule is Cc1cc(OC(C)c2nnc(SCc3ccc(Cl)cc3)n2C)cc(C)c1Cl. The highest BCUT2D eigenvalue weighted by Gasteiger charge is 2.18. The molecule has 3 rings (SSSR count). The van der Waals surface area contributed by atoms with Crippen molar-refractivity contribution in [1.29, 1.82) is 0 Å². The van der Waals surface area contributed by atoms with Crippen LogP contribution in [0.2, 0.25) is 10.0 Å². The summed E-state index contributed by atoms with van der Waals surface area (Å²) in [5, 5.41) is 11.0. The lowest BCUT2D eigenvalue weighted by Gasteiger charge is -2.16. The van der Waals surface area contributed by atoms with Crippen LogP contribution >= 0.6 is 35.0 Å². The summed E-state index contributed by atoms with van der Waals surface area (Å²) in [5.74, 6) is 2.35. The minimum Gasteiger partial charge on any atom is -0.483 e. The molecule has 142 valence electrons. The van der Waals surface area contributed by atoms with Gasteiger partial charge in [-0.05, 0) is 61.7 Å². The molecule has 0 aliphatic heterocycles. The Morgan fingerprint density at radius 2 is 1.70 bits per heavy atom. The van der Waals surface area contributed by atoms with Crippen LogP contribution in [0.4, 0.5) is 0 Å². The Morgan fingerprint density at radius 3 is 2.33 bits per heavy atom. The van der Waals surface area contributed by atoms with Gasteiger partial charge in [-0.25, -0.2) is 0 Å². The summed E-state index contributed by atoms with van der Waals surface area (Å²) in [6.45, 7) is 5.91. The first-order chi connectivity index (χ1) is 12.8. The van der Waals surface area contributed by atoms with E-state index in [1.54, 1.807) is 11.8 Å². The normalized spacial score (nSPS) is 12.2. The quantitative estimate of drug-likeness (QED) is 0.446. The predicted octanol–water partition coefficient (Wildman–Crippen LogP) is 6.17. The standard InChI is InChI=1S/C20H21Cl2N3OS/c1-12-9-17(10-13(2)18(12)22)26-14(3)19-23-24-20(25(19)4)27-11-15-5-7-16(21)8-6-15/h5-10,14H,11H2,1-4H3. The summed E-state index contributed by atoms with van der Waals surface area (Å²) in [6.07, 6.45) is -0.229. The van der Waals surface area contributed by atoms with Gasteiger partial charge in [0.1, 0.15) is 5.75 Å². The number of ether oxygens (including phenoxy) is 1. The number of thioether (sulfide) groups is 1. The van der Waals surface area contributed by atoms with Gasteiger partial charge in [-0.15, -0.1) is 10.2 Å². The van der Waals surface area contributed by atoms with E-state index in [0.717, 1.165) is 43.7 Å². The second-order valence-corrected chi connectivity index (χ2v) is 8.20. The Kier molecular flexibility index (Phi) is 6.35. The highest BCUT2D eigenvalue weighted by Crippen LogP contribution is 2.30. The van der Waals surface area contributed by atoms with Crippen molar-refractivity contribution in [3.8, 4) is 5.75 Å². The summed E-state index contributed by atoms with van der Waals surface area (Å²) < 4.78 is 8.05. The van der Waals surface area contributed by atoms with Gasteiger partial charge in [-0.2, -0.15) is 0 Å². The number of hydrogen-bond donors (Lipinski definition) is 0. The molecular formula is C20H21Cl2N3OS. The van der Waals surface area contributed by atoms with Gasteiger partial charge < -0.3 is 9.30 Å². The first-order valence-corrected chi connectivity index (χ1v) is 10.3. The van der Waals surface area contributed by atoms with E-state index in [0.29, 0.717) is 0 Å². The molecule has 0 saturated carbocycles. The minimum atomic E-state index is -0.229. The van der Waals surface area contributed by atoms with Gasteiger partial charge >= 0.3 is 0 Å². The zero-order valence-electron chi connectivity index (χ0n) is 15.7.